The first-order valence-corrected chi connectivity index (χ1v) is 5.75. The van der Waals surface area contributed by atoms with Gasteiger partial charge in [-0.25, -0.2) is 0 Å². The number of non-ortho nitro benzene ring substituents is 1. The second kappa shape index (κ2) is 6.70. The highest BCUT2D eigenvalue weighted by atomic mass is 16.6. The number of nitrogens with one attached hydrogen (secondary N) is 1. The molecule has 0 spiro atoms. The molecule has 0 radical (unpaired) electrons. The Morgan fingerprint density at radius 2 is 2.06 bits per heavy atom. The zero-order chi connectivity index (χ0) is 13.5. The highest BCUT2D eigenvalue weighted by Crippen LogP contribution is 2.11. The third-order valence-electron chi connectivity index (χ3n) is 2.66. The molecule has 0 aliphatic rings. The summed E-state index contributed by atoms with van der Waals surface area (Å²) in [6.07, 6.45) is 0.640. The van der Waals surface area contributed by atoms with E-state index in [1.54, 1.807) is 19.1 Å². The molecule has 0 aliphatic carbocycles. The molecule has 6 heteroatoms. The van der Waals surface area contributed by atoms with Crippen molar-refractivity contribution in [2.24, 2.45) is 11.7 Å². The molecule has 1 aromatic rings. The predicted molar refractivity (Wildman–Crippen MR) is 68.0 cm³/mol. The van der Waals surface area contributed by atoms with E-state index in [4.69, 9.17) is 5.73 Å². The Bertz CT molecular complexity index is 417. The van der Waals surface area contributed by atoms with Crippen LogP contribution in [0.4, 0.5) is 5.69 Å². The van der Waals surface area contributed by atoms with Gasteiger partial charge in [0.2, 0.25) is 5.91 Å². The minimum Gasteiger partial charge on any atom is -0.355 e. The average Bonchev–Trinajstić information content (AvgIpc) is 2.38. The maximum Gasteiger partial charge on any atom is 0.269 e. The van der Waals surface area contributed by atoms with Crippen LogP contribution in [0, 0.1) is 16.0 Å². The van der Waals surface area contributed by atoms with E-state index < -0.39 is 4.92 Å². The van der Waals surface area contributed by atoms with Crippen LogP contribution in [-0.4, -0.2) is 23.9 Å². The quantitative estimate of drug-likeness (QED) is 0.578. The van der Waals surface area contributed by atoms with Crippen molar-refractivity contribution in [1.82, 2.24) is 5.32 Å². The Morgan fingerprint density at radius 1 is 1.44 bits per heavy atom. The lowest BCUT2D eigenvalue weighted by molar-refractivity contribution is -0.384. The van der Waals surface area contributed by atoms with Crippen molar-refractivity contribution in [2.45, 2.75) is 13.3 Å². The fraction of sp³-hybridized carbons (Fsp3) is 0.417. The van der Waals surface area contributed by atoms with Gasteiger partial charge in [0.25, 0.3) is 5.69 Å². The first kappa shape index (κ1) is 14.1. The maximum absolute atomic E-state index is 11.4. The molecule has 98 valence electrons. The van der Waals surface area contributed by atoms with Gasteiger partial charge in [-0.1, -0.05) is 19.1 Å². The van der Waals surface area contributed by atoms with Crippen LogP contribution in [0.15, 0.2) is 24.3 Å². The molecule has 1 amide bonds. The van der Waals surface area contributed by atoms with E-state index in [9.17, 15) is 14.9 Å². The number of amides is 1. The summed E-state index contributed by atoms with van der Waals surface area (Å²) < 4.78 is 0. The molecular formula is C12H17N3O3. The standard InChI is InChI=1S/C12H17N3O3/c1-9(8-13)12(16)14-7-6-10-2-4-11(5-3-10)15(17)18/h2-5,9H,6-8,13H2,1H3,(H,14,16). The summed E-state index contributed by atoms with van der Waals surface area (Å²) in [6, 6.07) is 6.30. The summed E-state index contributed by atoms with van der Waals surface area (Å²) in [6.45, 7) is 2.59. The van der Waals surface area contributed by atoms with Crippen LogP contribution in [0.3, 0.4) is 0 Å². The van der Waals surface area contributed by atoms with Gasteiger partial charge in [-0.2, -0.15) is 0 Å². The second-order valence-corrected chi connectivity index (χ2v) is 4.10. The lowest BCUT2D eigenvalue weighted by Gasteiger charge is -2.09. The van der Waals surface area contributed by atoms with E-state index in [0.29, 0.717) is 19.5 Å². The zero-order valence-corrected chi connectivity index (χ0v) is 10.3. The van der Waals surface area contributed by atoms with Crippen LogP contribution in [0.25, 0.3) is 0 Å². The number of carbonyl (C=O) groups excluding carboxylic acids is 1. The lowest BCUT2D eigenvalue weighted by atomic mass is 10.1. The van der Waals surface area contributed by atoms with Gasteiger partial charge in [-0.15, -0.1) is 0 Å². The zero-order valence-electron chi connectivity index (χ0n) is 10.3. The summed E-state index contributed by atoms with van der Waals surface area (Å²) >= 11 is 0. The van der Waals surface area contributed by atoms with Crippen molar-refractivity contribution in [3.8, 4) is 0 Å². The molecule has 3 N–H and O–H groups in total. The summed E-state index contributed by atoms with van der Waals surface area (Å²) in [5.41, 5.74) is 6.39. The summed E-state index contributed by atoms with van der Waals surface area (Å²) in [4.78, 5) is 21.5. The van der Waals surface area contributed by atoms with Crippen LogP contribution in [0.5, 0.6) is 0 Å². The average molecular weight is 251 g/mol. The van der Waals surface area contributed by atoms with Crippen LogP contribution >= 0.6 is 0 Å². The van der Waals surface area contributed by atoms with Crippen LogP contribution in [0.1, 0.15) is 12.5 Å². The third-order valence-corrected chi connectivity index (χ3v) is 2.66. The number of hydrogen-bond acceptors (Lipinski definition) is 4. The van der Waals surface area contributed by atoms with Crippen molar-refractivity contribution in [1.29, 1.82) is 0 Å². The van der Waals surface area contributed by atoms with E-state index in [1.165, 1.54) is 12.1 Å². The van der Waals surface area contributed by atoms with Crippen LogP contribution in [-0.2, 0) is 11.2 Å². The smallest absolute Gasteiger partial charge is 0.269 e. The van der Waals surface area contributed by atoms with Gasteiger partial charge in [0, 0.05) is 31.1 Å². The van der Waals surface area contributed by atoms with E-state index in [0.717, 1.165) is 5.56 Å². The molecule has 18 heavy (non-hydrogen) atoms. The molecule has 1 aromatic carbocycles. The van der Waals surface area contributed by atoms with E-state index in [2.05, 4.69) is 5.32 Å². The first-order chi connectivity index (χ1) is 8.54. The molecule has 0 aromatic heterocycles. The topological polar surface area (TPSA) is 98.3 Å². The summed E-state index contributed by atoms with van der Waals surface area (Å²) in [5, 5.41) is 13.2. The Kier molecular flexibility index (Phi) is 5.26. The molecule has 0 saturated carbocycles. The monoisotopic (exact) mass is 251 g/mol. The number of rotatable bonds is 6. The molecule has 0 fully saturated rings. The van der Waals surface area contributed by atoms with Crippen LogP contribution < -0.4 is 11.1 Å². The van der Waals surface area contributed by atoms with Crippen molar-refractivity contribution in [3.05, 3.63) is 39.9 Å². The van der Waals surface area contributed by atoms with Crippen molar-refractivity contribution < 1.29 is 9.72 Å². The minimum absolute atomic E-state index is 0.0690. The molecule has 0 saturated heterocycles. The van der Waals surface area contributed by atoms with Crippen molar-refractivity contribution in [2.75, 3.05) is 13.1 Å². The molecule has 1 unspecified atom stereocenters. The number of nitro benzene ring substituents is 1. The fourth-order valence-corrected chi connectivity index (χ4v) is 1.40. The molecule has 1 atom stereocenters. The molecule has 1 rings (SSSR count). The lowest BCUT2D eigenvalue weighted by Crippen LogP contribution is -2.34. The van der Waals surface area contributed by atoms with Gasteiger partial charge in [0.1, 0.15) is 0 Å². The van der Waals surface area contributed by atoms with Gasteiger partial charge in [0.05, 0.1) is 4.92 Å². The van der Waals surface area contributed by atoms with Gasteiger partial charge in [0.15, 0.2) is 0 Å². The fourth-order valence-electron chi connectivity index (χ4n) is 1.40. The highest BCUT2D eigenvalue weighted by molar-refractivity contribution is 5.78. The van der Waals surface area contributed by atoms with Gasteiger partial charge in [-0.3, -0.25) is 14.9 Å². The number of nitro groups is 1. The number of carbonyl (C=O) groups is 1. The number of nitrogens with zero attached hydrogens (tertiary/aromatic N) is 1. The summed E-state index contributed by atoms with van der Waals surface area (Å²) in [5.74, 6) is -0.263. The Morgan fingerprint density at radius 3 is 2.56 bits per heavy atom. The first-order valence-electron chi connectivity index (χ1n) is 5.75. The van der Waals surface area contributed by atoms with E-state index in [1.807, 2.05) is 0 Å². The molecule has 0 aliphatic heterocycles. The van der Waals surface area contributed by atoms with Crippen molar-refractivity contribution in [3.63, 3.8) is 0 Å². The van der Waals surface area contributed by atoms with Crippen molar-refractivity contribution >= 4 is 11.6 Å². The summed E-state index contributed by atoms with van der Waals surface area (Å²) in [7, 11) is 0. The largest absolute Gasteiger partial charge is 0.355 e. The Balaban J connectivity index is 2.40. The minimum atomic E-state index is -0.436. The molecular weight excluding hydrogens is 234 g/mol. The maximum atomic E-state index is 11.4. The Labute approximate surface area is 105 Å². The normalized spacial score (nSPS) is 11.9. The second-order valence-electron chi connectivity index (χ2n) is 4.10. The predicted octanol–water partition coefficient (Wildman–Crippen LogP) is 0.848. The SMILES string of the molecule is CC(CN)C(=O)NCCc1ccc([N+](=O)[O-])cc1. The number of nitrogens with two attached hydrogens (primary N) is 1. The van der Waals surface area contributed by atoms with E-state index >= 15 is 0 Å². The Hall–Kier alpha value is -1.95. The van der Waals surface area contributed by atoms with E-state index in [-0.39, 0.29) is 17.5 Å². The highest BCUT2D eigenvalue weighted by Gasteiger charge is 2.09. The van der Waals surface area contributed by atoms with Gasteiger partial charge in [-0.05, 0) is 12.0 Å². The molecule has 6 nitrogen and oxygen atoms in total. The number of benzene rings is 1. The molecule has 0 heterocycles. The van der Waals surface area contributed by atoms with Gasteiger partial charge >= 0.3 is 0 Å². The third kappa shape index (κ3) is 4.14. The number of hydrogen-bond donors (Lipinski definition) is 2. The van der Waals surface area contributed by atoms with Gasteiger partial charge < -0.3 is 11.1 Å². The van der Waals surface area contributed by atoms with Crippen LogP contribution in [0.2, 0.25) is 0 Å². The molecule has 0 bridgehead atoms.